The standard InChI is InChI=1S/C25H26N4O4S/c1-17-10-12-26-24(14-17)27-25(31)22(15-19-6-4-3-5-7-19)28-34(32,33)21-8-9-23-20(16-21)11-13-29(23)18(2)30/h3-10,12,14,16,22,28H,11,13,15H2,1-2H3,(H,26,27,31)/t22-/m0/s1. The number of rotatable bonds is 7. The normalized spacial score (nSPS) is 13.9. The molecule has 8 nitrogen and oxygen atoms in total. The average molecular weight is 479 g/mol. The lowest BCUT2D eigenvalue weighted by atomic mass is 10.1. The summed E-state index contributed by atoms with van der Waals surface area (Å²) in [4.78, 5) is 30.7. The van der Waals surface area contributed by atoms with Gasteiger partial charge in [-0.3, -0.25) is 9.59 Å². The van der Waals surface area contributed by atoms with E-state index >= 15 is 0 Å². The lowest BCUT2D eigenvalue weighted by molar-refractivity contribution is -0.118. The first-order valence-corrected chi connectivity index (χ1v) is 12.4. The van der Waals surface area contributed by atoms with Gasteiger partial charge in [-0.1, -0.05) is 30.3 Å². The molecule has 176 valence electrons. The molecule has 2 aromatic carbocycles. The maximum atomic E-state index is 13.3. The van der Waals surface area contributed by atoms with Gasteiger partial charge in [0.2, 0.25) is 21.8 Å². The van der Waals surface area contributed by atoms with Crippen LogP contribution in [0.1, 0.15) is 23.6 Å². The highest BCUT2D eigenvalue weighted by molar-refractivity contribution is 7.89. The second-order valence-electron chi connectivity index (χ2n) is 8.28. The number of sulfonamides is 1. The highest BCUT2D eigenvalue weighted by Gasteiger charge is 2.29. The van der Waals surface area contributed by atoms with Gasteiger partial charge in [0.25, 0.3) is 0 Å². The number of hydrogen-bond acceptors (Lipinski definition) is 5. The molecule has 34 heavy (non-hydrogen) atoms. The van der Waals surface area contributed by atoms with Crippen molar-refractivity contribution in [1.82, 2.24) is 9.71 Å². The van der Waals surface area contributed by atoms with Gasteiger partial charge in [-0.15, -0.1) is 0 Å². The maximum absolute atomic E-state index is 13.3. The number of nitrogens with zero attached hydrogens (tertiary/aromatic N) is 2. The van der Waals surface area contributed by atoms with Crippen molar-refractivity contribution < 1.29 is 18.0 Å². The van der Waals surface area contributed by atoms with Crippen LogP contribution in [0.5, 0.6) is 0 Å². The summed E-state index contributed by atoms with van der Waals surface area (Å²) in [5.41, 5.74) is 3.23. The Bertz CT molecular complexity index is 1330. The molecule has 9 heteroatoms. The van der Waals surface area contributed by atoms with Crippen LogP contribution in [0.2, 0.25) is 0 Å². The van der Waals surface area contributed by atoms with Crippen LogP contribution in [0.15, 0.2) is 71.8 Å². The van der Waals surface area contributed by atoms with Crippen molar-refractivity contribution in [3.63, 3.8) is 0 Å². The number of nitrogens with one attached hydrogen (secondary N) is 2. The van der Waals surface area contributed by atoms with E-state index in [2.05, 4.69) is 15.0 Å². The van der Waals surface area contributed by atoms with E-state index in [4.69, 9.17) is 0 Å². The van der Waals surface area contributed by atoms with Crippen molar-refractivity contribution in [2.45, 2.75) is 37.6 Å². The molecule has 1 aromatic heterocycles. The van der Waals surface area contributed by atoms with E-state index in [1.54, 1.807) is 35.4 Å². The fraction of sp³-hybridized carbons (Fsp3) is 0.240. The number of anilines is 2. The van der Waals surface area contributed by atoms with Crippen LogP contribution < -0.4 is 14.9 Å². The third-order valence-electron chi connectivity index (χ3n) is 5.70. The number of carbonyl (C=O) groups is 2. The number of hydrogen-bond donors (Lipinski definition) is 2. The lowest BCUT2D eigenvalue weighted by Gasteiger charge is -2.19. The van der Waals surface area contributed by atoms with Gasteiger partial charge in [-0.05, 0) is 66.8 Å². The Morgan fingerprint density at radius 3 is 2.56 bits per heavy atom. The molecule has 1 aliphatic rings. The van der Waals surface area contributed by atoms with Gasteiger partial charge < -0.3 is 10.2 Å². The van der Waals surface area contributed by atoms with Gasteiger partial charge in [0.05, 0.1) is 4.90 Å². The molecule has 0 spiro atoms. The molecule has 0 unspecified atom stereocenters. The first-order valence-electron chi connectivity index (χ1n) is 10.9. The highest BCUT2D eigenvalue weighted by Crippen LogP contribution is 2.30. The molecule has 1 aliphatic heterocycles. The molecule has 0 fully saturated rings. The summed E-state index contributed by atoms with van der Waals surface area (Å²) in [5.74, 6) is -0.240. The summed E-state index contributed by atoms with van der Waals surface area (Å²) >= 11 is 0. The van der Waals surface area contributed by atoms with E-state index in [1.807, 2.05) is 37.3 Å². The SMILES string of the molecule is CC(=O)N1CCc2cc(S(=O)(=O)N[C@@H](Cc3ccccc3)C(=O)Nc3cc(C)ccn3)ccc21. The first-order chi connectivity index (χ1) is 16.2. The van der Waals surface area contributed by atoms with Gasteiger partial charge >= 0.3 is 0 Å². The van der Waals surface area contributed by atoms with Gasteiger partial charge in [0.15, 0.2) is 0 Å². The Labute approximate surface area is 199 Å². The topological polar surface area (TPSA) is 108 Å². The van der Waals surface area contributed by atoms with Crippen LogP contribution in [-0.4, -0.2) is 37.8 Å². The number of aromatic nitrogens is 1. The monoisotopic (exact) mass is 478 g/mol. The minimum Gasteiger partial charge on any atom is -0.312 e. The average Bonchev–Trinajstić information content (AvgIpc) is 3.23. The number of carbonyl (C=O) groups excluding carboxylic acids is 2. The molecular formula is C25H26N4O4S. The molecule has 4 rings (SSSR count). The Hall–Kier alpha value is -3.56. The molecular weight excluding hydrogens is 452 g/mol. The molecule has 2 amide bonds. The Morgan fingerprint density at radius 2 is 1.85 bits per heavy atom. The zero-order chi connectivity index (χ0) is 24.3. The van der Waals surface area contributed by atoms with Crippen molar-refractivity contribution in [1.29, 1.82) is 0 Å². The Morgan fingerprint density at radius 1 is 1.09 bits per heavy atom. The van der Waals surface area contributed by atoms with E-state index < -0.39 is 22.0 Å². The minimum atomic E-state index is -4.02. The third kappa shape index (κ3) is 5.32. The lowest BCUT2D eigenvalue weighted by Crippen LogP contribution is -2.45. The molecule has 1 atom stereocenters. The highest BCUT2D eigenvalue weighted by atomic mass is 32.2. The van der Waals surface area contributed by atoms with Gasteiger partial charge in [0.1, 0.15) is 11.9 Å². The molecule has 0 bridgehead atoms. The summed E-state index contributed by atoms with van der Waals surface area (Å²) in [5, 5.41) is 2.72. The Kier molecular flexibility index (Phi) is 6.76. The van der Waals surface area contributed by atoms with E-state index in [0.29, 0.717) is 18.8 Å². The summed E-state index contributed by atoms with van der Waals surface area (Å²) < 4.78 is 29.1. The van der Waals surface area contributed by atoms with Crippen LogP contribution in [0.4, 0.5) is 11.5 Å². The first kappa shape index (κ1) is 23.6. The summed E-state index contributed by atoms with van der Waals surface area (Å²) in [7, 11) is -4.02. The van der Waals surface area contributed by atoms with Crippen LogP contribution in [0, 0.1) is 6.92 Å². The van der Waals surface area contributed by atoms with Crippen molar-refractivity contribution in [3.05, 3.63) is 83.6 Å². The van der Waals surface area contributed by atoms with Crippen molar-refractivity contribution in [2.24, 2.45) is 0 Å². The van der Waals surface area contributed by atoms with Crippen LogP contribution in [0.3, 0.4) is 0 Å². The quantitative estimate of drug-likeness (QED) is 0.543. The summed E-state index contributed by atoms with van der Waals surface area (Å²) in [6.07, 6.45) is 2.32. The van der Waals surface area contributed by atoms with E-state index in [0.717, 1.165) is 22.4 Å². The van der Waals surface area contributed by atoms with E-state index in [-0.39, 0.29) is 17.2 Å². The van der Waals surface area contributed by atoms with E-state index in [9.17, 15) is 18.0 Å². The molecule has 2 N–H and O–H groups in total. The summed E-state index contributed by atoms with van der Waals surface area (Å²) in [6, 6.07) is 16.3. The molecule has 0 saturated carbocycles. The van der Waals surface area contributed by atoms with Crippen molar-refractivity contribution in [2.75, 3.05) is 16.8 Å². The Balaban J connectivity index is 1.60. The second kappa shape index (κ2) is 9.74. The molecule has 0 saturated heterocycles. The van der Waals surface area contributed by atoms with Crippen LogP contribution >= 0.6 is 0 Å². The zero-order valence-electron chi connectivity index (χ0n) is 19.0. The maximum Gasteiger partial charge on any atom is 0.244 e. The zero-order valence-corrected chi connectivity index (χ0v) is 19.8. The van der Waals surface area contributed by atoms with E-state index in [1.165, 1.54) is 13.0 Å². The number of fused-ring (bicyclic) bond motifs is 1. The number of benzene rings is 2. The van der Waals surface area contributed by atoms with Gasteiger partial charge in [0, 0.05) is 25.4 Å². The number of amides is 2. The predicted molar refractivity (Wildman–Crippen MR) is 130 cm³/mol. The second-order valence-corrected chi connectivity index (χ2v) is 10.00. The van der Waals surface area contributed by atoms with Gasteiger partial charge in [-0.2, -0.15) is 4.72 Å². The largest absolute Gasteiger partial charge is 0.312 e. The fourth-order valence-electron chi connectivity index (χ4n) is 3.98. The molecule has 2 heterocycles. The number of aryl methyl sites for hydroxylation is 1. The van der Waals surface area contributed by atoms with Crippen molar-refractivity contribution >= 4 is 33.3 Å². The minimum absolute atomic E-state index is 0.0520. The number of pyridine rings is 1. The third-order valence-corrected chi connectivity index (χ3v) is 7.17. The van der Waals surface area contributed by atoms with Crippen molar-refractivity contribution in [3.8, 4) is 0 Å². The fourth-order valence-corrected chi connectivity index (χ4v) is 5.23. The van der Waals surface area contributed by atoms with Gasteiger partial charge in [-0.25, -0.2) is 13.4 Å². The van der Waals surface area contributed by atoms with Crippen LogP contribution in [-0.2, 0) is 32.5 Å². The smallest absolute Gasteiger partial charge is 0.244 e. The molecule has 0 radical (unpaired) electrons. The molecule has 0 aliphatic carbocycles. The van der Waals surface area contributed by atoms with Crippen LogP contribution in [0.25, 0.3) is 0 Å². The summed E-state index contributed by atoms with van der Waals surface area (Å²) in [6.45, 7) is 3.88. The predicted octanol–water partition coefficient (Wildman–Crippen LogP) is 2.83. The molecule has 3 aromatic rings.